The van der Waals surface area contributed by atoms with E-state index < -0.39 is 0 Å². The van der Waals surface area contributed by atoms with Gasteiger partial charge in [0.1, 0.15) is 0 Å². The molecule has 0 spiro atoms. The number of rotatable bonds is 6. The monoisotopic (exact) mass is 467 g/mol. The van der Waals surface area contributed by atoms with Crippen molar-refractivity contribution in [2.75, 3.05) is 31.9 Å². The van der Waals surface area contributed by atoms with Crippen molar-refractivity contribution in [3.63, 3.8) is 0 Å². The molecule has 1 aromatic rings. The summed E-state index contributed by atoms with van der Waals surface area (Å²) in [5.41, 5.74) is 0. The number of hydrogen-bond donors (Lipinski definition) is 1. The number of aromatic nitrogens is 2. The zero-order chi connectivity index (χ0) is 16.7. The molecule has 138 valence electrons. The van der Waals surface area contributed by atoms with E-state index in [-0.39, 0.29) is 24.0 Å². The molecule has 1 aliphatic rings. The average Bonchev–Trinajstić information content (AvgIpc) is 3.03. The van der Waals surface area contributed by atoms with Gasteiger partial charge in [-0.2, -0.15) is 16.7 Å². The van der Waals surface area contributed by atoms with Gasteiger partial charge >= 0.3 is 0 Å². The zero-order valence-electron chi connectivity index (χ0n) is 15.1. The first-order chi connectivity index (χ1) is 11.1. The minimum absolute atomic E-state index is 0. The highest BCUT2D eigenvalue weighted by Crippen LogP contribution is 2.21. The fraction of sp³-hybridized carbons (Fsp3) is 0.812. The van der Waals surface area contributed by atoms with E-state index in [0.717, 1.165) is 31.4 Å². The molecule has 6 nitrogen and oxygen atoms in total. The number of guanidine groups is 1. The molecule has 1 saturated heterocycles. The Bertz CT molecular complexity index is 508. The Kier molecular flexibility index (Phi) is 10.0. The topological polar surface area (TPSA) is 66.5 Å². The highest BCUT2D eigenvalue weighted by atomic mass is 127. The lowest BCUT2D eigenvalue weighted by molar-refractivity contribution is 0.371. The third-order valence-electron chi connectivity index (χ3n) is 3.82. The Morgan fingerprint density at radius 2 is 2.25 bits per heavy atom. The molecular formula is C16H30IN5OS. The van der Waals surface area contributed by atoms with Crippen LogP contribution in [0.3, 0.4) is 0 Å². The van der Waals surface area contributed by atoms with Crippen molar-refractivity contribution < 1.29 is 4.52 Å². The summed E-state index contributed by atoms with van der Waals surface area (Å²) in [6.45, 7) is 12.2. The number of thioether (sulfide) groups is 1. The predicted molar refractivity (Wildman–Crippen MR) is 112 cm³/mol. The standard InChI is InChI=1S/C16H29N5OS.HI/c1-5-13-11-21(9-10-23-13)16(17-6-2)18-8-7-14-19-15(12(3)4)20-22-14;/h12-13H,5-11H2,1-4H3,(H,17,18);1H. The van der Waals surface area contributed by atoms with Gasteiger partial charge in [0.15, 0.2) is 11.8 Å². The summed E-state index contributed by atoms with van der Waals surface area (Å²) in [5.74, 6) is 3.92. The first-order valence-electron chi connectivity index (χ1n) is 8.61. The van der Waals surface area contributed by atoms with E-state index in [4.69, 9.17) is 9.52 Å². The van der Waals surface area contributed by atoms with Crippen LogP contribution >= 0.6 is 35.7 Å². The Morgan fingerprint density at radius 1 is 1.46 bits per heavy atom. The Balaban J connectivity index is 0.00000288. The molecule has 1 aliphatic heterocycles. The molecule has 0 bridgehead atoms. The molecule has 0 saturated carbocycles. The van der Waals surface area contributed by atoms with Gasteiger partial charge < -0.3 is 14.7 Å². The fourth-order valence-electron chi connectivity index (χ4n) is 2.45. The summed E-state index contributed by atoms with van der Waals surface area (Å²) in [6.07, 6.45) is 1.90. The maximum absolute atomic E-state index is 5.28. The van der Waals surface area contributed by atoms with Crippen LogP contribution in [-0.2, 0) is 6.42 Å². The maximum atomic E-state index is 5.28. The first-order valence-corrected chi connectivity index (χ1v) is 9.66. The lowest BCUT2D eigenvalue weighted by Crippen LogP contribution is -2.48. The van der Waals surface area contributed by atoms with E-state index in [0.29, 0.717) is 30.0 Å². The first kappa shape index (κ1) is 21.5. The van der Waals surface area contributed by atoms with Crippen LogP contribution in [-0.4, -0.2) is 58.2 Å². The third kappa shape index (κ3) is 6.42. The summed E-state index contributed by atoms with van der Waals surface area (Å²) in [6, 6.07) is 0. The van der Waals surface area contributed by atoms with E-state index in [9.17, 15) is 0 Å². The summed E-state index contributed by atoms with van der Waals surface area (Å²) in [5, 5.41) is 8.11. The second-order valence-corrected chi connectivity index (χ2v) is 7.44. The average molecular weight is 467 g/mol. The quantitative estimate of drug-likeness (QED) is 0.394. The van der Waals surface area contributed by atoms with Crippen molar-refractivity contribution in [2.24, 2.45) is 4.99 Å². The molecule has 1 fully saturated rings. The van der Waals surface area contributed by atoms with Crippen LogP contribution in [0.5, 0.6) is 0 Å². The summed E-state index contributed by atoms with van der Waals surface area (Å²) < 4.78 is 5.28. The molecule has 0 radical (unpaired) electrons. The van der Waals surface area contributed by atoms with Gasteiger partial charge in [0.05, 0.1) is 6.54 Å². The minimum Gasteiger partial charge on any atom is -0.357 e. The number of nitrogens with zero attached hydrogens (tertiary/aromatic N) is 4. The molecule has 1 unspecified atom stereocenters. The lowest BCUT2D eigenvalue weighted by Gasteiger charge is -2.34. The van der Waals surface area contributed by atoms with Crippen molar-refractivity contribution in [3.8, 4) is 0 Å². The van der Waals surface area contributed by atoms with E-state index in [1.807, 2.05) is 0 Å². The smallest absolute Gasteiger partial charge is 0.228 e. The molecule has 1 atom stereocenters. The molecular weight excluding hydrogens is 437 g/mol. The largest absolute Gasteiger partial charge is 0.357 e. The molecule has 0 aliphatic carbocycles. The van der Waals surface area contributed by atoms with Crippen molar-refractivity contribution in [1.29, 1.82) is 0 Å². The molecule has 1 aromatic heterocycles. The van der Waals surface area contributed by atoms with E-state index in [2.05, 4.69) is 59.8 Å². The highest BCUT2D eigenvalue weighted by molar-refractivity contribution is 14.0. The van der Waals surface area contributed by atoms with Gasteiger partial charge in [-0.15, -0.1) is 24.0 Å². The van der Waals surface area contributed by atoms with Gasteiger partial charge in [-0.05, 0) is 13.3 Å². The molecule has 0 aromatic carbocycles. The van der Waals surface area contributed by atoms with Crippen LogP contribution in [0.25, 0.3) is 0 Å². The van der Waals surface area contributed by atoms with E-state index >= 15 is 0 Å². The van der Waals surface area contributed by atoms with Crippen molar-refractivity contribution in [2.45, 2.75) is 51.7 Å². The van der Waals surface area contributed by atoms with E-state index in [1.54, 1.807) is 0 Å². The second-order valence-electron chi connectivity index (χ2n) is 6.03. The van der Waals surface area contributed by atoms with Gasteiger partial charge in [-0.25, -0.2) is 0 Å². The van der Waals surface area contributed by atoms with Gasteiger partial charge in [-0.1, -0.05) is 25.9 Å². The van der Waals surface area contributed by atoms with Crippen LogP contribution in [0.15, 0.2) is 9.52 Å². The summed E-state index contributed by atoms with van der Waals surface area (Å²) >= 11 is 2.07. The van der Waals surface area contributed by atoms with Crippen molar-refractivity contribution >= 4 is 41.7 Å². The number of nitrogens with one attached hydrogen (secondary N) is 1. The van der Waals surface area contributed by atoms with Gasteiger partial charge in [0.25, 0.3) is 0 Å². The molecule has 1 N–H and O–H groups in total. The number of halogens is 1. The van der Waals surface area contributed by atoms with Crippen LogP contribution in [0, 0.1) is 0 Å². The predicted octanol–water partition coefficient (Wildman–Crippen LogP) is 3.15. The highest BCUT2D eigenvalue weighted by Gasteiger charge is 2.21. The lowest BCUT2D eigenvalue weighted by atomic mass is 10.2. The fourth-order valence-corrected chi connectivity index (χ4v) is 3.63. The van der Waals surface area contributed by atoms with Crippen LogP contribution in [0.2, 0.25) is 0 Å². The number of hydrogen-bond acceptors (Lipinski definition) is 5. The molecule has 24 heavy (non-hydrogen) atoms. The zero-order valence-corrected chi connectivity index (χ0v) is 18.3. The SMILES string of the molecule is CCNC(=NCCc1nc(C(C)C)no1)N1CCSC(CC)C1.I. The van der Waals surface area contributed by atoms with Crippen LogP contribution in [0.1, 0.15) is 51.7 Å². The summed E-state index contributed by atoms with van der Waals surface area (Å²) in [7, 11) is 0. The second kappa shape index (κ2) is 11.2. The van der Waals surface area contributed by atoms with E-state index in [1.165, 1.54) is 12.2 Å². The molecule has 2 heterocycles. The third-order valence-corrected chi connectivity index (χ3v) is 5.19. The minimum atomic E-state index is 0. The number of aliphatic imine (C=N–C) groups is 1. The maximum Gasteiger partial charge on any atom is 0.228 e. The molecule has 0 amide bonds. The Morgan fingerprint density at radius 3 is 2.88 bits per heavy atom. The Labute approximate surface area is 166 Å². The Hall–Kier alpha value is -0.510. The van der Waals surface area contributed by atoms with Gasteiger partial charge in [0, 0.05) is 43.0 Å². The summed E-state index contributed by atoms with van der Waals surface area (Å²) in [4.78, 5) is 11.5. The van der Waals surface area contributed by atoms with Crippen LogP contribution < -0.4 is 5.32 Å². The molecule has 2 rings (SSSR count). The van der Waals surface area contributed by atoms with Crippen LogP contribution in [0.4, 0.5) is 0 Å². The van der Waals surface area contributed by atoms with Gasteiger partial charge in [0.2, 0.25) is 5.89 Å². The normalized spacial score (nSPS) is 18.6. The van der Waals surface area contributed by atoms with Gasteiger partial charge in [-0.3, -0.25) is 4.99 Å². The van der Waals surface area contributed by atoms with Crippen molar-refractivity contribution in [3.05, 3.63) is 11.7 Å². The van der Waals surface area contributed by atoms with Crippen molar-refractivity contribution in [1.82, 2.24) is 20.4 Å². The molecule has 8 heteroatoms.